The minimum atomic E-state index is -0.850. The van der Waals surface area contributed by atoms with Crippen LogP contribution in [0.3, 0.4) is 0 Å². The Bertz CT molecular complexity index is 207. The van der Waals surface area contributed by atoms with E-state index in [1.54, 1.807) is 6.08 Å². The van der Waals surface area contributed by atoms with Crippen LogP contribution in [-0.2, 0) is 9.53 Å². The molecule has 4 heteroatoms. The van der Waals surface area contributed by atoms with Crippen LogP contribution in [0.15, 0.2) is 11.6 Å². The molecule has 1 atom stereocenters. The zero-order valence-electron chi connectivity index (χ0n) is 7.75. The Morgan fingerprint density at radius 1 is 1.77 bits per heavy atom. The third-order valence-corrected chi connectivity index (χ3v) is 2.00. The lowest BCUT2D eigenvalue weighted by Gasteiger charge is -2.21. The van der Waals surface area contributed by atoms with Crippen LogP contribution in [-0.4, -0.2) is 36.9 Å². The number of carbonyl (C=O) groups is 1. The highest BCUT2D eigenvalue weighted by molar-refractivity contribution is 5.86. The summed E-state index contributed by atoms with van der Waals surface area (Å²) in [6.07, 6.45) is 2.14. The molecule has 74 valence electrons. The maximum absolute atomic E-state index is 10.7. The molecule has 1 unspecified atom stereocenters. The maximum atomic E-state index is 10.7. The van der Waals surface area contributed by atoms with Crippen molar-refractivity contribution in [3.05, 3.63) is 11.6 Å². The van der Waals surface area contributed by atoms with E-state index in [1.165, 1.54) is 0 Å². The van der Waals surface area contributed by atoms with Gasteiger partial charge >= 0.3 is 5.97 Å². The van der Waals surface area contributed by atoms with Crippen molar-refractivity contribution in [2.24, 2.45) is 0 Å². The lowest BCUT2D eigenvalue weighted by Crippen LogP contribution is -2.37. The third-order valence-electron chi connectivity index (χ3n) is 2.00. The van der Waals surface area contributed by atoms with Crippen molar-refractivity contribution in [2.45, 2.75) is 19.4 Å². The van der Waals surface area contributed by atoms with Gasteiger partial charge in [0.05, 0.1) is 12.7 Å². The summed E-state index contributed by atoms with van der Waals surface area (Å²) in [6, 6.07) is 0. The van der Waals surface area contributed by atoms with Gasteiger partial charge in [0, 0.05) is 18.7 Å². The number of rotatable bonds is 3. The second-order valence-electron chi connectivity index (χ2n) is 2.96. The van der Waals surface area contributed by atoms with E-state index < -0.39 is 5.97 Å². The van der Waals surface area contributed by atoms with Gasteiger partial charge in [-0.15, -0.1) is 0 Å². The van der Waals surface area contributed by atoms with E-state index in [9.17, 15) is 4.79 Å². The van der Waals surface area contributed by atoms with Gasteiger partial charge in [0.15, 0.2) is 0 Å². The smallest absolute Gasteiger partial charge is 0.331 e. The van der Waals surface area contributed by atoms with E-state index in [-0.39, 0.29) is 6.10 Å². The summed E-state index contributed by atoms with van der Waals surface area (Å²) < 4.78 is 5.36. The van der Waals surface area contributed by atoms with E-state index in [4.69, 9.17) is 9.84 Å². The minimum Gasteiger partial charge on any atom is -0.478 e. The molecule has 1 saturated heterocycles. The number of ether oxygens (including phenoxy) is 1. The first-order valence-corrected chi connectivity index (χ1v) is 4.50. The van der Waals surface area contributed by atoms with Crippen molar-refractivity contribution in [1.29, 1.82) is 0 Å². The molecule has 0 spiro atoms. The second-order valence-corrected chi connectivity index (χ2v) is 2.96. The van der Waals surface area contributed by atoms with Crippen LogP contribution in [0.5, 0.6) is 0 Å². The van der Waals surface area contributed by atoms with Crippen LogP contribution in [0.1, 0.15) is 13.3 Å². The summed E-state index contributed by atoms with van der Waals surface area (Å²) in [4.78, 5) is 10.7. The Kier molecular flexibility index (Phi) is 3.92. The highest BCUT2D eigenvalue weighted by Crippen LogP contribution is 2.06. The fourth-order valence-electron chi connectivity index (χ4n) is 1.26. The van der Waals surface area contributed by atoms with Gasteiger partial charge in [-0.2, -0.15) is 0 Å². The first-order chi connectivity index (χ1) is 6.24. The quantitative estimate of drug-likeness (QED) is 0.625. The number of carboxylic acids is 1. The van der Waals surface area contributed by atoms with Crippen molar-refractivity contribution >= 4 is 5.97 Å². The van der Waals surface area contributed by atoms with Crippen LogP contribution in [0.4, 0.5) is 0 Å². The van der Waals surface area contributed by atoms with Crippen molar-refractivity contribution in [2.75, 3.05) is 19.7 Å². The van der Waals surface area contributed by atoms with E-state index in [2.05, 4.69) is 5.32 Å². The molecule has 4 nitrogen and oxygen atoms in total. The predicted octanol–water partition coefficient (Wildman–Crippen LogP) is 0.396. The maximum Gasteiger partial charge on any atom is 0.331 e. The Morgan fingerprint density at radius 2 is 2.54 bits per heavy atom. The lowest BCUT2D eigenvalue weighted by atomic mass is 10.1. The van der Waals surface area contributed by atoms with Crippen LogP contribution >= 0.6 is 0 Å². The van der Waals surface area contributed by atoms with Crippen molar-refractivity contribution < 1.29 is 14.6 Å². The fraction of sp³-hybridized carbons (Fsp3) is 0.667. The average molecular weight is 185 g/mol. The second kappa shape index (κ2) is 4.99. The average Bonchev–Trinajstić information content (AvgIpc) is 2.15. The predicted molar refractivity (Wildman–Crippen MR) is 48.6 cm³/mol. The van der Waals surface area contributed by atoms with Crippen LogP contribution in [0, 0.1) is 0 Å². The van der Waals surface area contributed by atoms with Crippen molar-refractivity contribution in [3.8, 4) is 0 Å². The van der Waals surface area contributed by atoms with Crippen molar-refractivity contribution in [1.82, 2.24) is 5.32 Å². The molecule has 0 aliphatic carbocycles. The number of aliphatic carboxylic acids is 1. The molecule has 1 aliphatic heterocycles. The van der Waals surface area contributed by atoms with Gasteiger partial charge in [0.25, 0.3) is 0 Å². The lowest BCUT2D eigenvalue weighted by molar-refractivity contribution is -0.132. The molecule has 2 N–H and O–H groups in total. The van der Waals surface area contributed by atoms with Gasteiger partial charge in [0.2, 0.25) is 0 Å². The van der Waals surface area contributed by atoms with Gasteiger partial charge < -0.3 is 15.2 Å². The molecule has 13 heavy (non-hydrogen) atoms. The summed E-state index contributed by atoms with van der Waals surface area (Å²) in [5.41, 5.74) is 0.425. The highest BCUT2D eigenvalue weighted by atomic mass is 16.5. The molecular formula is C9H15NO3. The zero-order valence-corrected chi connectivity index (χ0v) is 7.75. The van der Waals surface area contributed by atoms with E-state index in [0.29, 0.717) is 25.1 Å². The Labute approximate surface area is 77.6 Å². The molecule has 1 aliphatic rings. The van der Waals surface area contributed by atoms with Gasteiger partial charge in [-0.3, -0.25) is 0 Å². The molecule has 0 aromatic rings. The SMILES string of the molecule is CCC(=CC1CNCCO1)C(=O)O. The molecule has 1 fully saturated rings. The molecule has 0 saturated carbocycles. The number of morpholine rings is 1. The summed E-state index contributed by atoms with van der Waals surface area (Å²) in [5, 5.41) is 11.9. The Balaban J connectivity index is 2.54. The number of carboxylic acid groups (broad SMARTS) is 1. The summed E-state index contributed by atoms with van der Waals surface area (Å²) in [6.45, 7) is 4.03. The molecule has 0 aromatic heterocycles. The number of hydrogen-bond acceptors (Lipinski definition) is 3. The Morgan fingerprint density at radius 3 is 3.00 bits per heavy atom. The standard InChI is InChI=1S/C9H15NO3/c1-2-7(9(11)12)5-8-6-10-3-4-13-8/h5,8,10H,2-4,6H2,1H3,(H,11,12). The first-order valence-electron chi connectivity index (χ1n) is 4.50. The summed E-state index contributed by atoms with van der Waals surface area (Å²) in [5.74, 6) is -0.850. The molecule has 1 rings (SSSR count). The van der Waals surface area contributed by atoms with Gasteiger partial charge in [-0.05, 0) is 12.5 Å². The molecule has 0 bridgehead atoms. The summed E-state index contributed by atoms with van der Waals surface area (Å²) in [7, 11) is 0. The molecular weight excluding hydrogens is 170 g/mol. The topological polar surface area (TPSA) is 58.6 Å². The number of hydrogen-bond donors (Lipinski definition) is 2. The van der Waals surface area contributed by atoms with E-state index in [1.807, 2.05) is 6.92 Å². The monoisotopic (exact) mass is 185 g/mol. The molecule has 0 radical (unpaired) electrons. The van der Waals surface area contributed by atoms with Crippen LogP contribution in [0.25, 0.3) is 0 Å². The van der Waals surface area contributed by atoms with Gasteiger partial charge in [-0.25, -0.2) is 4.79 Å². The largest absolute Gasteiger partial charge is 0.478 e. The number of nitrogens with one attached hydrogen (secondary N) is 1. The molecule has 0 amide bonds. The van der Waals surface area contributed by atoms with Gasteiger partial charge in [-0.1, -0.05) is 6.92 Å². The summed E-state index contributed by atoms with van der Waals surface area (Å²) >= 11 is 0. The minimum absolute atomic E-state index is 0.0835. The van der Waals surface area contributed by atoms with E-state index >= 15 is 0 Å². The highest BCUT2D eigenvalue weighted by Gasteiger charge is 2.13. The Hall–Kier alpha value is -0.870. The third kappa shape index (κ3) is 3.16. The van der Waals surface area contributed by atoms with Crippen molar-refractivity contribution in [3.63, 3.8) is 0 Å². The molecule has 1 heterocycles. The van der Waals surface area contributed by atoms with Gasteiger partial charge in [0.1, 0.15) is 0 Å². The fourth-order valence-corrected chi connectivity index (χ4v) is 1.26. The normalized spacial score (nSPS) is 24.4. The molecule has 0 aromatic carbocycles. The van der Waals surface area contributed by atoms with Crippen LogP contribution < -0.4 is 5.32 Å². The first kappa shape index (κ1) is 10.2. The van der Waals surface area contributed by atoms with E-state index in [0.717, 1.165) is 6.54 Å². The zero-order chi connectivity index (χ0) is 9.68. The van der Waals surface area contributed by atoms with Crippen LogP contribution in [0.2, 0.25) is 0 Å².